The Balaban J connectivity index is 1.76. The summed E-state index contributed by atoms with van der Waals surface area (Å²) in [6.07, 6.45) is 0. The molecule has 1 aliphatic rings. The van der Waals surface area contributed by atoms with E-state index in [0.717, 1.165) is 5.56 Å². The SMILES string of the molecule is Cc1ccc(C(=O)N2CCN(c3c(Cl)cccc3[N+](=O)[O-])CC2)c(Cl)c1. The summed E-state index contributed by atoms with van der Waals surface area (Å²) >= 11 is 12.4. The molecule has 0 N–H and O–H groups in total. The second kappa shape index (κ2) is 7.51. The zero-order valence-corrected chi connectivity index (χ0v) is 15.6. The van der Waals surface area contributed by atoms with E-state index in [1.165, 1.54) is 6.07 Å². The molecule has 6 nitrogen and oxygen atoms in total. The third-order valence-corrected chi connectivity index (χ3v) is 5.02. The van der Waals surface area contributed by atoms with Crippen LogP contribution in [-0.2, 0) is 0 Å². The van der Waals surface area contributed by atoms with Crippen LogP contribution in [0.5, 0.6) is 0 Å². The van der Waals surface area contributed by atoms with Gasteiger partial charge < -0.3 is 9.80 Å². The first kappa shape index (κ1) is 18.5. The molecule has 8 heteroatoms. The summed E-state index contributed by atoms with van der Waals surface area (Å²) < 4.78 is 0. The molecule has 26 heavy (non-hydrogen) atoms. The Morgan fingerprint density at radius 2 is 1.77 bits per heavy atom. The second-order valence-electron chi connectivity index (χ2n) is 6.13. The van der Waals surface area contributed by atoms with Gasteiger partial charge in [-0.05, 0) is 30.7 Å². The number of hydrogen-bond acceptors (Lipinski definition) is 4. The lowest BCUT2D eigenvalue weighted by Gasteiger charge is -2.36. The van der Waals surface area contributed by atoms with Crippen molar-refractivity contribution in [3.05, 3.63) is 67.7 Å². The monoisotopic (exact) mass is 393 g/mol. The first-order valence-corrected chi connectivity index (χ1v) is 8.87. The lowest BCUT2D eigenvalue weighted by atomic mass is 10.1. The molecule has 0 spiro atoms. The number of nitro groups is 1. The highest BCUT2D eigenvalue weighted by Gasteiger charge is 2.28. The van der Waals surface area contributed by atoms with E-state index >= 15 is 0 Å². The van der Waals surface area contributed by atoms with Gasteiger partial charge in [-0.1, -0.05) is 35.3 Å². The van der Waals surface area contributed by atoms with E-state index < -0.39 is 4.92 Å². The molecule has 1 fully saturated rings. The number of carbonyl (C=O) groups is 1. The molecule has 2 aromatic rings. The first-order chi connectivity index (χ1) is 12.4. The molecule has 0 bridgehead atoms. The maximum Gasteiger partial charge on any atom is 0.294 e. The third-order valence-electron chi connectivity index (χ3n) is 4.40. The van der Waals surface area contributed by atoms with E-state index in [4.69, 9.17) is 23.2 Å². The average molecular weight is 394 g/mol. The van der Waals surface area contributed by atoms with E-state index in [-0.39, 0.29) is 11.6 Å². The number of halogens is 2. The quantitative estimate of drug-likeness (QED) is 0.579. The highest BCUT2D eigenvalue weighted by Crippen LogP contribution is 2.36. The summed E-state index contributed by atoms with van der Waals surface area (Å²) in [7, 11) is 0. The fraction of sp³-hybridized carbons (Fsp3) is 0.278. The number of aryl methyl sites for hydroxylation is 1. The largest absolute Gasteiger partial charge is 0.361 e. The van der Waals surface area contributed by atoms with Crippen molar-refractivity contribution >= 4 is 40.5 Å². The Morgan fingerprint density at radius 3 is 2.38 bits per heavy atom. The number of piperazine rings is 1. The molecular weight excluding hydrogens is 377 g/mol. The van der Waals surface area contributed by atoms with E-state index in [2.05, 4.69) is 0 Å². The van der Waals surface area contributed by atoms with Crippen LogP contribution in [0.25, 0.3) is 0 Å². The molecule has 3 rings (SSSR count). The molecule has 0 aromatic heterocycles. The molecule has 0 radical (unpaired) electrons. The topological polar surface area (TPSA) is 66.7 Å². The second-order valence-corrected chi connectivity index (χ2v) is 6.94. The van der Waals surface area contributed by atoms with Crippen molar-refractivity contribution in [2.24, 2.45) is 0 Å². The standard InChI is InChI=1S/C18H17Cl2N3O3/c1-12-5-6-13(15(20)11-12)18(24)22-9-7-21(8-10-22)17-14(19)3-2-4-16(17)23(25)26/h2-6,11H,7-10H2,1H3. The van der Waals surface area contributed by atoms with Crippen LogP contribution in [0.4, 0.5) is 11.4 Å². The summed E-state index contributed by atoms with van der Waals surface area (Å²) in [5.74, 6) is -0.136. The van der Waals surface area contributed by atoms with Crippen LogP contribution in [0.15, 0.2) is 36.4 Å². The number of carbonyl (C=O) groups excluding carboxylic acids is 1. The number of amides is 1. The molecule has 136 valence electrons. The summed E-state index contributed by atoms with van der Waals surface area (Å²) in [6.45, 7) is 3.70. The van der Waals surface area contributed by atoms with E-state index in [1.54, 1.807) is 29.2 Å². The molecule has 1 amide bonds. The predicted molar refractivity (Wildman–Crippen MR) is 102 cm³/mol. The maximum atomic E-state index is 12.7. The van der Waals surface area contributed by atoms with Gasteiger partial charge in [0.25, 0.3) is 11.6 Å². The lowest BCUT2D eigenvalue weighted by molar-refractivity contribution is -0.384. The van der Waals surface area contributed by atoms with E-state index in [0.29, 0.717) is 47.5 Å². The number of rotatable bonds is 3. The minimum atomic E-state index is -0.440. The first-order valence-electron chi connectivity index (χ1n) is 8.12. The Bertz CT molecular complexity index is 865. The highest BCUT2D eigenvalue weighted by atomic mass is 35.5. The molecule has 1 saturated heterocycles. The van der Waals surface area contributed by atoms with Crippen molar-refractivity contribution in [1.82, 2.24) is 4.90 Å². The number of nitro benzene ring substituents is 1. The Morgan fingerprint density at radius 1 is 1.08 bits per heavy atom. The Labute approximate surface area is 161 Å². The molecule has 1 heterocycles. The van der Waals surface area contributed by atoms with Gasteiger partial charge in [0, 0.05) is 32.2 Å². The number of hydrogen-bond donors (Lipinski definition) is 0. The van der Waals surface area contributed by atoms with Crippen molar-refractivity contribution in [1.29, 1.82) is 0 Å². The van der Waals surface area contributed by atoms with Gasteiger partial charge in [0.2, 0.25) is 0 Å². The zero-order valence-electron chi connectivity index (χ0n) is 14.1. The van der Waals surface area contributed by atoms with Gasteiger partial charge in [-0.25, -0.2) is 0 Å². The van der Waals surface area contributed by atoms with Gasteiger partial charge >= 0.3 is 0 Å². The van der Waals surface area contributed by atoms with Crippen molar-refractivity contribution in [2.75, 3.05) is 31.1 Å². The number of nitrogens with zero attached hydrogens (tertiary/aromatic N) is 3. The highest BCUT2D eigenvalue weighted by molar-refractivity contribution is 6.34. The smallest absolute Gasteiger partial charge is 0.294 e. The predicted octanol–water partition coefficient (Wildman–Crippen LogP) is 4.17. The Kier molecular flexibility index (Phi) is 5.34. The molecule has 0 atom stereocenters. The van der Waals surface area contributed by atoms with Crippen molar-refractivity contribution in [3.8, 4) is 0 Å². The fourth-order valence-electron chi connectivity index (χ4n) is 3.06. The maximum absolute atomic E-state index is 12.7. The van der Waals surface area contributed by atoms with Crippen LogP contribution in [0.1, 0.15) is 15.9 Å². The zero-order chi connectivity index (χ0) is 18.8. The minimum absolute atomic E-state index is 0.0288. The minimum Gasteiger partial charge on any atom is -0.361 e. The number of benzene rings is 2. The van der Waals surface area contributed by atoms with Crippen LogP contribution >= 0.6 is 23.2 Å². The van der Waals surface area contributed by atoms with Crippen LogP contribution in [0, 0.1) is 17.0 Å². The van der Waals surface area contributed by atoms with Gasteiger partial charge in [-0.3, -0.25) is 14.9 Å². The Hall–Kier alpha value is -2.31. The summed E-state index contributed by atoms with van der Waals surface area (Å²) in [4.78, 5) is 27.1. The van der Waals surface area contributed by atoms with Gasteiger partial charge in [0.1, 0.15) is 5.69 Å². The molecule has 0 aliphatic carbocycles. The normalized spacial score (nSPS) is 14.4. The molecule has 2 aromatic carbocycles. The molecule has 0 unspecified atom stereocenters. The molecular formula is C18H17Cl2N3O3. The van der Waals surface area contributed by atoms with Gasteiger partial charge in [0.15, 0.2) is 0 Å². The fourth-order valence-corrected chi connectivity index (χ4v) is 3.67. The van der Waals surface area contributed by atoms with E-state index in [9.17, 15) is 14.9 Å². The van der Waals surface area contributed by atoms with Crippen LogP contribution in [0.2, 0.25) is 10.0 Å². The summed E-state index contributed by atoms with van der Waals surface area (Å²) in [5.41, 5.74) is 1.83. The van der Waals surface area contributed by atoms with Gasteiger partial charge in [-0.2, -0.15) is 0 Å². The average Bonchev–Trinajstić information content (AvgIpc) is 2.61. The van der Waals surface area contributed by atoms with Crippen LogP contribution in [-0.4, -0.2) is 41.9 Å². The van der Waals surface area contributed by atoms with Crippen molar-refractivity contribution < 1.29 is 9.72 Å². The number of para-hydroxylation sites is 1. The number of anilines is 1. The molecule has 1 aliphatic heterocycles. The van der Waals surface area contributed by atoms with Crippen molar-refractivity contribution in [2.45, 2.75) is 6.92 Å². The van der Waals surface area contributed by atoms with Gasteiger partial charge in [-0.15, -0.1) is 0 Å². The van der Waals surface area contributed by atoms with Crippen LogP contribution in [0.3, 0.4) is 0 Å². The van der Waals surface area contributed by atoms with Gasteiger partial charge in [0.05, 0.1) is 20.5 Å². The summed E-state index contributed by atoms with van der Waals surface area (Å²) in [5, 5.41) is 12.0. The summed E-state index contributed by atoms with van der Waals surface area (Å²) in [6, 6.07) is 9.97. The van der Waals surface area contributed by atoms with Crippen molar-refractivity contribution in [3.63, 3.8) is 0 Å². The van der Waals surface area contributed by atoms with Crippen LogP contribution < -0.4 is 4.90 Å². The third kappa shape index (κ3) is 3.61. The van der Waals surface area contributed by atoms with E-state index in [1.807, 2.05) is 17.9 Å². The molecule has 0 saturated carbocycles. The lowest BCUT2D eigenvalue weighted by Crippen LogP contribution is -2.49.